The minimum absolute atomic E-state index is 0.423. The summed E-state index contributed by atoms with van der Waals surface area (Å²) in [6.07, 6.45) is 1.70. The fourth-order valence-electron chi connectivity index (χ4n) is 1.20. The molecule has 0 fully saturated rings. The van der Waals surface area contributed by atoms with E-state index in [9.17, 15) is 0 Å². The van der Waals surface area contributed by atoms with E-state index in [1.54, 1.807) is 6.20 Å². The van der Waals surface area contributed by atoms with Crippen molar-refractivity contribution in [2.75, 3.05) is 5.73 Å². The van der Waals surface area contributed by atoms with Gasteiger partial charge in [0.25, 0.3) is 0 Å². The van der Waals surface area contributed by atoms with Gasteiger partial charge in [0.15, 0.2) is 5.82 Å². The number of rotatable bonds is 1. The third-order valence-corrected chi connectivity index (χ3v) is 3.45. The quantitative estimate of drug-likeness (QED) is 0.864. The van der Waals surface area contributed by atoms with Crippen LogP contribution in [0.3, 0.4) is 0 Å². The van der Waals surface area contributed by atoms with E-state index in [-0.39, 0.29) is 0 Å². The van der Waals surface area contributed by atoms with Crippen LogP contribution in [0.15, 0.2) is 27.3 Å². The molecular weight excluding hydrogens is 336 g/mol. The minimum Gasteiger partial charge on any atom is -0.383 e. The SMILES string of the molecule is Cc1nc(-c2ccc(Br)cn2)nc(N)c1Br. The van der Waals surface area contributed by atoms with Gasteiger partial charge in [-0.2, -0.15) is 0 Å². The molecule has 0 aliphatic rings. The van der Waals surface area contributed by atoms with Gasteiger partial charge in [-0.25, -0.2) is 9.97 Å². The smallest absolute Gasteiger partial charge is 0.180 e. The number of hydrogen-bond acceptors (Lipinski definition) is 4. The molecule has 2 aromatic heterocycles. The van der Waals surface area contributed by atoms with Crippen LogP contribution in [0.5, 0.6) is 0 Å². The first-order chi connectivity index (χ1) is 7.58. The Morgan fingerprint density at radius 3 is 2.50 bits per heavy atom. The number of hydrogen-bond donors (Lipinski definition) is 1. The van der Waals surface area contributed by atoms with Gasteiger partial charge in [0.2, 0.25) is 0 Å². The Balaban J connectivity index is 2.52. The average Bonchev–Trinajstić information content (AvgIpc) is 2.26. The minimum atomic E-state index is 0.423. The van der Waals surface area contributed by atoms with Crippen molar-refractivity contribution in [3.63, 3.8) is 0 Å². The van der Waals surface area contributed by atoms with Crippen molar-refractivity contribution in [2.24, 2.45) is 0 Å². The molecule has 16 heavy (non-hydrogen) atoms. The van der Waals surface area contributed by atoms with Gasteiger partial charge in [-0.15, -0.1) is 0 Å². The van der Waals surface area contributed by atoms with Crippen molar-refractivity contribution in [1.82, 2.24) is 15.0 Å². The number of nitrogen functional groups attached to an aromatic ring is 1. The van der Waals surface area contributed by atoms with Crippen molar-refractivity contribution in [2.45, 2.75) is 6.92 Å². The normalized spacial score (nSPS) is 10.4. The molecule has 0 bridgehead atoms. The van der Waals surface area contributed by atoms with Crippen molar-refractivity contribution < 1.29 is 0 Å². The Hall–Kier alpha value is -1.01. The number of anilines is 1. The van der Waals surface area contributed by atoms with Crippen LogP contribution < -0.4 is 5.73 Å². The molecule has 0 amide bonds. The number of aromatic nitrogens is 3. The highest BCUT2D eigenvalue weighted by atomic mass is 79.9. The lowest BCUT2D eigenvalue weighted by molar-refractivity contribution is 1.08. The van der Waals surface area contributed by atoms with Gasteiger partial charge < -0.3 is 5.73 Å². The maximum absolute atomic E-state index is 5.75. The highest BCUT2D eigenvalue weighted by molar-refractivity contribution is 9.10. The summed E-state index contributed by atoms with van der Waals surface area (Å²) >= 11 is 6.64. The Kier molecular flexibility index (Phi) is 3.20. The zero-order valence-electron chi connectivity index (χ0n) is 8.41. The van der Waals surface area contributed by atoms with E-state index in [2.05, 4.69) is 46.8 Å². The average molecular weight is 344 g/mol. The number of nitrogens with zero attached hydrogens (tertiary/aromatic N) is 3. The first kappa shape index (κ1) is 11.5. The fraction of sp³-hybridized carbons (Fsp3) is 0.100. The van der Waals surface area contributed by atoms with Crippen molar-refractivity contribution >= 4 is 37.7 Å². The molecule has 0 aliphatic heterocycles. The van der Waals surface area contributed by atoms with Gasteiger partial charge in [0, 0.05) is 10.7 Å². The third-order valence-electron chi connectivity index (χ3n) is 2.00. The van der Waals surface area contributed by atoms with E-state index in [1.165, 1.54) is 0 Å². The largest absolute Gasteiger partial charge is 0.383 e. The second-order valence-electron chi connectivity index (χ2n) is 3.19. The molecule has 0 aliphatic carbocycles. The summed E-state index contributed by atoms with van der Waals surface area (Å²) in [5, 5.41) is 0. The molecule has 0 spiro atoms. The number of aryl methyl sites for hydroxylation is 1. The van der Waals surface area contributed by atoms with Crippen LogP contribution in [0.25, 0.3) is 11.5 Å². The Bertz CT molecular complexity index is 502. The molecular formula is C10H8Br2N4. The molecule has 2 aromatic rings. The molecule has 0 radical (unpaired) electrons. The van der Waals surface area contributed by atoms with Crippen LogP contribution in [-0.4, -0.2) is 15.0 Å². The molecule has 82 valence electrons. The summed E-state index contributed by atoms with van der Waals surface area (Å²) in [5.74, 6) is 0.956. The first-order valence-corrected chi connectivity index (χ1v) is 6.08. The van der Waals surface area contributed by atoms with E-state index < -0.39 is 0 Å². The second kappa shape index (κ2) is 4.47. The topological polar surface area (TPSA) is 64.7 Å². The van der Waals surface area contributed by atoms with Crippen LogP contribution in [0, 0.1) is 6.92 Å². The first-order valence-electron chi connectivity index (χ1n) is 4.49. The monoisotopic (exact) mass is 342 g/mol. The summed E-state index contributed by atoms with van der Waals surface area (Å²) in [5.41, 5.74) is 7.25. The molecule has 0 unspecified atom stereocenters. The van der Waals surface area contributed by atoms with Gasteiger partial charge in [0.05, 0.1) is 10.2 Å². The van der Waals surface area contributed by atoms with Gasteiger partial charge >= 0.3 is 0 Å². The molecule has 4 nitrogen and oxygen atoms in total. The molecule has 0 aromatic carbocycles. The number of halogens is 2. The molecule has 2 N–H and O–H groups in total. The standard InChI is InChI=1S/C10H8Br2N4/c1-5-8(12)9(13)16-10(15-5)7-3-2-6(11)4-14-7/h2-4H,1H3,(H2,13,15,16). The zero-order chi connectivity index (χ0) is 11.7. The third kappa shape index (κ3) is 2.22. The predicted molar refractivity (Wildman–Crippen MR) is 69.8 cm³/mol. The fourth-order valence-corrected chi connectivity index (χ4v) is 1.62. The molecule has 2 heterocycles. The van der Waals surface area contributed by atoms with E-state index in [1.807, 2.05) is 19.1 Å². The second-order valence-corrected chi connectivity index (χ2v) is 4.90. The zero-order valence-corrected chi connectivity index (χ0v) is 11.6. The molecule has 2 rings (SSSR count). The summed E-state index contributed by atoms with van der Waals surface area (Å²) in [6, 6.07) is 3.73. The summed E-state index contributed by atoms with van der Waals surface area (Å²) in [4.78, 5) is 12.7. The van der Waals surface area contributed by atoms with Crippen LogP contribution in [-0.2, 0) is 0 Å². The van der Waals surface area contributed by atoms with Gasteiger partial charge in [-0.05, 0) is 50.9 Å². The Morgan fingerprint density at radius 2 is 1.94 bits per heavy atom. The number of nitrogens with two attached hydrogens (primary N) is 1. The van der Waals surface area contributed by atoms with Crippen LogP contribution in [0.4, 0.5) is 5.82 Å². The van der Waals surface area contributed by atoms with Gasteiger partial charge in [0.1, 0.15) is 11.5 Å². The van der Waals surface area contributed by atoms with Crippen LogP contribution in [0.1, 0.15) is 5.69 Å². The Labute approximate surface area is 110 Å². The molecule has 0 atom stereocenters. The van der Waals surface area contributed by atoms with Crippen molar-refractivity contribution in [1.29, 1.82) is 0 Å². The molecule has 6 heteroatoms. The highest BCUT2D eigenvalue weighted by Crippen LogP contribution is 2.23. The van der Waals surface area contributed by atoms with Crippen LogP contribution >= 0.6 is 31.9 Å². The van der Waals surface area contributed by atoms with Crippen LogP contribution in [0.2, 0.25) is 0 Å². The number of pyridine rings is 1. The van der Waals surface area contributed by atoms with E-state index in [4.69, 9.17) is 5.73 Å². The lowest BCUT2D eigenvalue weighted by Gasteiger charge is -2.05. The van der Waals surface area contributed by atoms with Crippen molar-refractivity contribution in [3.8, 4) is 11.5 Å². The predicted octanol–water partition coefficient (Wildman–Crippen LogP) is 2.95. The molecule has 0 saturated carbocycles. The summed E-state index contributed by atoms with van der Waals surface area (Å²) in [7, 11) is 0. The summed E-state index contributed by atoms with van der Waals surface area (Å²) in [6.45, 7) is 1.87. The van der Waals surface area contributed by atoms with E-state index >= 15 is 0 Å². The van der Waals surface area contributed by atoms with E-state index in [0.29, 0.717) is 17.3 Å². The lowest BCUT2D eigenvalue weighted by atomic mass is 10.3. The Morgan fingerprint density at radius 1 is 1.19 bits per heavy atom. The highest BCUT2D eigenvalue weighted by Gasteiger charge is 2.09. The van der Waals surface area contributed by atoms with Gasteiger partial charge in [-0.3, -0.25) is 4.98 Å². The molecule has 0 saturated heterocycles. The van der Waals surface area contributed by atoms with Crippen molar-refractivity contribution in [3.05, 3.63) is 33.0 Å². The lowest BCUT2D eigenvalue weighted by Crippen LogP contribution is -2.00. The summed E-state index contributed by atoms with van der Waals surface area (Å²) < 4.78 is 1.64. The maximum Gasteiger partial charge on any atom is 0.180 e. The maximum atomic E-state index is 5.75. The van der Waals surface area contributed by atoms with E-state index in [0.717, 1.165) is 14.6 Å². The van der Waals surface area contributed by atoms with Gasteiger partial charge in [-0.1, -0.05) is 0 Å².